The molecule has 6 nitrogen and oxygen atoms in total. The fraction of sp³-hybridized carbons (Fsp3) is 0.333. The Morgan fingerprint density at radius 1 is 1.28 bits per heavy atom. The van der Waals surface area contributed by atoms with Gasteiger partial charge in [-0.2, -0.15) is 5.10 Å². The number of aryl methyl sites for hydroxylation is 1. The Labute approximate surface area is 149 Å². The Kier molecular flexibility index (Phi) is 4.31. The van der Waals surface area contributed by atoms with Crippen LogP contribution in [-0.2, 0) is 0 Å². The molecule has 1 aromatic carbocycles. The van der Waals surface area contributed by atoms with Crippen LogP contribution in [0.25, 0.3) is 10.8 Å². The van der Waals surface area contributed by atoms with Crippen molar-refractivity contribution in [2.75, 3.05) is 13.1 Å². The van der Waals surface area contributed by atoms with Crippen molar-refractivity contribution in [1.82, 2.24) is 20.1 Å². The summed E-state index contributed by atoms with van der Waals surface area (Å²) < 4.78 is 6.08. The molecule has 0 aliphatic carbocycles. The van der Waals surface area contributed by atoms with E-state index in [1.807, 2.05) is 41.5 Å². The van der Waals surface area contributed by atoms with E-state index in [9.17, 15) is 4.79 Å². The summed E-state index contributed by atoms with van der Waals surface area (Å²) in [7, 11) is 0. The third-order valence-electron chi connectivity index (χ3n) is 4.38. The first-order valence-electron chi connectivity index (χ1n) is 8.29. The Bertz CT molecular complexity index is 897. The van der Waals surface area contributed by atoms with Crippen LogP contribution in [0.15, 0.2) is 35.8 Å². The van der Waals surface area contributed by atoms with Gasteiger partial charge in [-0.1, -0.05) is 18.2 Å². The van der Waals surface area contributed by atoms with Gasteiger partial charge in [-0.25, -0.2) is 4.98 Å². The number of piperidine rings is 1. The molecule has 3 heterocycles. The maximum Gasteiger partial charge on any atom is 0.273 e. The monoisotopic (exact) mass is 354 g/mol. The predicted molar refractivity (Wildman–Crippen MR) is 95.9 cm³/mol. The highest BCUT2D eigenvalue weighted by Crippen LogP contribution is 2.25. The number of benzene rings is 1. The molecule has 128 valence electrons. The van der Waals surface area contributed by atoms with Gasteiger partial charge in [0.2, 0.25) is 5.88 Å². The highest BCUT2D eigenvalue weighted by atomic mass is 32.1. The maximum absolute atomic E-state index is 12.5. The van der Waals surface area contributed by atoms with Crippen LogP contribution in [0.5, 0.6) is 5.88 Å². The largest absolute Gasteiger partial charge is 0.473 e. The highest BCUT2D eigenvalue weighted by Gasteiger charge is 2.26. The van der Waals surface area contributed by atoms with Crippen LogP contribution >= 0.6 is 11.3 Å². The second-order valence-electron chi connectivity index (χ2n) is 6.10. The zero-order valence-electron chi connectivity index (χ0n) is 13.9. The minimum atomic E-state index is 0.00718. The number of nitrogens with zero attached hydrogens (tertiary/aromatic N) is 4. The van der Waals surface area contributed by atoms with Crippen molar-refractivity contribution in [3.05, 3.63) is 46.5 Å². The lowest BCUT2D eigenvalue weighted by molar-refractivity contribution is 0.0584. The molecule has 0 spiro atoms. The van der Waals surface area contributed by atoms with Crippen LogP contribution < -0.4 is 4.74 Å². The predicted octanol–water partition coefficient (Wildman–Crippen LogP) is 3.08. The van der Waals surface area contributed by atoms with Crippen molar-refractivity contribution in [3.63, 3.8) is 0 Å². The van der Waals surface area contributed by atoms with Crippen LogP contribution in [0.3, 0.4) is 0 Å². The number of likely N-dealkylation sites (tertiary alicyclic amines) is 1. The first-order valence-corrected chi connectivity index (χ1v) is 9.17. The van der Waals surface area contributed by atoms with Gasteiger partial charge in [0.05, 0.1) is 11.2 Å². The van der Waals surface area contributed by atoms with Gasteiger partial charge in [-0.15, -0.1) is 16.4 Å². The molecule has 0 radical (unpaired) electrons. The first kappa shape index (κ1) is 16.0. The second-order valence-corrected chi connectivity index (χ2v) is 7.16. The van der Waals surface area contributed by atoms with Gasteiger partial charge < -0.3 is 9.64 Å². The highest BCUT2D eigenvalue weighted by molar-refractivity contribution is 7.09. The number of carbonyl (C=O) groups excluding carboxylic acids is 1. The summed E-state index contributed by atoms with van der Waals surface area (Å²) in [5.41, 5.74) is 0.543. The Balaban J connectivity index is 1.41. The SMILES string of the molecule is Cc1nc(C(=O)N2CCC(Oc3nncc4ccccc34)CC2)cs1. The molecule has 0 unspecified atom stereocenters. The van der Waals surface area contributed by atoms with Gasteiger partial charge in [-0.3, -0.25) is 4.79 Å². The molecule has 1 amide bonds. The molecule has 0 atom stereocenters. The number of aromatic nitrogens is 3. The van der Waals surface area contributed by atoms with Crippen molar-refractivity contribution in [1.29, 1.82) is 0 Å². The van der Waals surface area contributed by atoms with E-state index in [4.69, 9.17) is 4.74 Å². The topological polar surface area (TPSA) is 68.2 Å². The molecule has 2 aromatic heterocycles. The molecule has 0 saturated carbocycles. The molecule has 4 rings (SSSR count). The van der Waals surface area contributed by atoms with Gasteiger partial charge in [0.25, 0.3) is 5.91 Å². The molecule has 1 fully saturated rings. The Morgan fingerprint density at radius 2 is 2.08 bits per heavy atom. The van der Waals surface area contributed by atoms with E-state index in [2.05, 4.69) is 15.2 Å². The van der Waals surface area contributed by atoms with Crippen molar-refractivity contribution in [2.45, 2.75) is 25.9 Å². The summed E-state index contributed by atoms with van der Waals surface area (Å²) in [6, 6.07) is 7.92. The van der Waals surface area contributed by atoms with Gasteiger partial charge >= 0.3 is 0 Å². The molecule has 1 aliphatic rings. The summed E-state index contributed by atoms with van der Waals surface area (Å²) in [6.07, 6.45) is 3.33. The van der Waals surface area contributed by atoms with E-state index in [1.54, 1.807) is 6.20 Å². The van der Waals surface area contributed by atoms with Gasteiger partial charge in [0, 0.05) is 42.1 Å². The van der Waals surface area contributed by atoms with Crippen molar-refractivity contribution in [3.8, 4) is 5.88 Å². The lowest BCUT2D eigenvalue weighted by atomic mass is 10.1. The number of amides is 1. The fourth-order valence-corrected chi connectivity index (χ4v) is 3.63. The van der Waals surface area contributed by atoms with E-state index in [1.165, 1.54) is 11.3 Å². The third-order valence-corrected chi connectivity index (χ3v) is 5.16. The van der Waals surface area contributed by atoms with Crippen LogP contribution in [0.1, 0.15) is 28.3 Å². The fourth-order valence-electron chi connectivity index (χ4n) is 3.05. The normalized spacial score (nSPS) is 15.5. The van der Waals surface area contributed by atoms with Crippen LogP contribution in [-0.4, -0.2) is 45.2 Å². The number of carbonyl (C=O) groups is 1. The van der Waals surface area contributed by atoms with E-state index in [-0.39, 0.29) is 12.0 Å². The summed E-state index contributed by atoms with van der Waals surface area (Å²) >= 11 is 1.50. The molecule has 7 heteroatoms. The maximum atomic E-state index is 12.5. The van der Waals surface area contributed by atoms with Crippen molar-refractivity contribution in [2.24, 2.45) is 0 Å². The Morgan fingerprint density at radius 3 is 2.84 bits per heavy atom. The second kappa shape index (κ2) is 6.76. The minimum absolute atomic E-state index is 0.00718. The number of hydrogen-bond donors (Lipinski definition) is 0. The van der Waals surface area contributed by atoms with E-state index >= 15 is 0 Å². The van der Waals surface area contributed by atoms with Gasteiger partial charge in [0.15, 0.2) is 0 Å². The lowest BCUT2D eigenvalue weighted by Crippen LogP contribution is -2.42. The molecular weight excluding hydrogens is 336 g/mol. The molecule has 1 aliphatic heterocycles. The quantitative estimate of drug-likeness (QED) is 0.723. The molecular formula is C18H18N4O2S. The number of fused-ring (bicyclic) bond motifs is 1. The molecule has 25 heavy (non-hydrogen) atoms. The third kappa shape index (κ3) is 3.32. The van der Waals surface area contributed by atoms with E-state index < -0.39 is 0 Å². The summed E-state index contributed by atoms with van der Waals surface area (Å²) in [6.45, 7) is 3.24. The number of rotatable bonds is 3. The summed E-state index contributed by atoms with van der Waals surface area (Å²) in [5, 5.41) is 12.9. The number of thiazole rings is 1. The average molecular weight is 354 g/mol. The summed E-state index contributed by atoms with van der Waals surface area (Å²) in [5.74, 6) is 0.575. The molecule has 1 saturated heterocycles. The van der Waals surface area contributed by atoms with Crippen molar-refractivity contribution >= 4 is 28.0 Å². The van der Waals surface area contributed by atoms with E-state index in [0.717, 1.165) is 28.6 Å². The zero-order chi connectivity index (χ0) is 17.2. The van der Waals surface area contributed by atoms with E-state index in [0.29, 0.717) is 24.7 Å². The van der Waals surface area contributed by atoms with Crippen molar-refractivity contribution < 1.29 is 9.53 Å². The first-order chi connectivity index (χ1) is 12.2. The smallest absolute Gasteiger partial charge is 0.273 e. The van der Waals surface area contributed by atoms with Crippen LogP contribution in [0.4, 0.5) is 0 Å². The molecule has 0 bridgehead atoms. The molecule has 3 aromatic rings. The minimum Gasteiger partial charge on any atom is -0.473 e. The lowest BCUT2D eigenvalue weighted by Gasteiger charge is -2.31. The number of hydrogen-bond acceptors (Lipinski definition) is 6. The van der Waals surface area contributed by atoms with Crippen LogP contribution in [0, 0.1) is 6.92 Å². The number of ether oxygens (including phenoxy) is 1. The standard InChI is InChI=1S/C18H18N4O2S/c1-12-20-16(11-25-12)18(23)22-8-6-14(7-9-22)24-17-15-5-3-2-4-13(15)10-19-21-17/h2-5,10-11,14H,6-9H2,1H3. The van der Waals surface area contributed by atoms with Gasteiger partial charge in [-0.05, 0) is 13.0 Å². The Hall–Kier alpha value is -2.54. The average Bonchev–Trinajstić information content (AvgIpc) is 3.08. The summed E-state index contributed by atoms with van der Waals surface area (Å²) in [4.78, 5) is 18.6. The van der Waals surface area contributed by atoms with Gasteiger partial charge in [0.1, 0.15) is 11.8 Å². The van der Waals surface area contributed by atoms with Crippen LogP contribution in [0.2, 0.25) is 0 Å². The zero-order valence-corrected chi connectivity index (χ0v) is 14.7. The molecule has 0 N–H and O–H groups in total.